The van der Waals surface area contributed by atoms with Crippen LogP contribution in [0.1, 0.15) is 15.9 Å². The fourth-order valence-corrected chi connectivity index (χ4v) is 3.99. The summed E-state index contributed by atoms with van der Waals surface area (Å²) in [7, 11) is -0.374. The number of alkyl halides is 6. The molecule has 0 aliphatic heterocycles. The summed E-state index contributed by atoms with van der Waals surface area (Å²) in [4.78, 5) is 13.0. The van der Waals surface area contributed by atoms with Crippen molar-refractivity contribution in [2.75, 3.05) is 25.4 Å². The summed E-state index contributed by atoms with van der Waals surface area (Å²) in [6.45, 7) is 0. The molecule has 0 saturated heterocycles. The SMILES string of the molecule is CN(C)C(=O)c1cccc(S(=O)(=O)N(C)c2ccc(C(O)(C(F)(F)F)C(F)(F)F)cc2)c1. The van der Waals surface area contributed by atoms with Crippen LogP contribution in [0.5, 0.6) is 0 Å². The number of amides is 1. The van der Waals surface area contributed by atoms with Crippen LogP contribution in [0.3, 0.4) is 0 Å². The summed E-state index contributed by atoms with van der Waals surface area (Å²) in [5.74, 6) is -0.479. The number of hydrogen-bond donors (Lipinski definition) is 1. The fraction of sp³-hybridized carbons (Fsp3) is 0.316. The standard InChI is InChI=1S/C19H18F6N2O4S/c1-26(2)16(28)12-5-4-6-15(11-12)32(30,31)27(3)14-9-7-13(8-10-14)17(29,18(20,21)22)19(23,24)25/h4-11,29H,1-3H3. The Morgan fingerprint density at radius 3 is 1.81 bits per heavy atom. The highest BCUT2D eigenvalue weighted by atomic mass is 32.2. The van der Waals surface area contributed by atoms with E-state index in [2.05, 4.69) is 0 Å². The van der Waals surface area contributed by atoms with E-state index >= 15 is 0 Å². The van der Waals surface area contributed by atoms with E-state index in [0.29, 0.717) is 28.6 Å². The monoisotopic (exact) mass is 484 g/mol. The Morgan fingerprint density at radius 2 is 1.38 bits per heavy atom. The molecule has 0 aliphatic rings. The molecule has 0 fully saturated rings. The van der Waals surface area contributed by atoms with Crippen molar-refractivity contribution in [3.8, 4) is 0 Å². The first-order valence-corrected chi connectivity index (χ1v) is 10.2. The smallest absolute Gasteiger partial charge is 0.369 e. The number of benzene rings is 2. The minimum Gasteiger partial charge on any atom is -0.369 e. The lowest BCUT2D eigenvalue weighted by molar-refractivity contribution is -0.376. The third kappa shape index (κ3) is 4.39. The lowest BCUT2D eigenvalue weighted by atomic mass is 9.92. The normalized spacial score (nSPS) is 13.1. The molecule has 0 saturated carbocycles. The van der Waals surface area contributed by atoms with Gasteiger partial charge in [0.1, 0.15) is 0 Å². The van der Waals surface area contributed by atoms with E-state index < -0.39 is 39.4 Å². The number of carbonyl (C=O) groups is 1. The van der Waals surface area contributed by atoms with E-state index in [-0.39, 0.29) is 16.1 Å². The van der Waals surface area contributed by atoms with Gasteiger partial charge in [-0.3, -0.25) is 9.10 Å². The zero-order valence-corrected chi connectivity index (χ0v) is 17.7. The summed E-state index contributed by atoms with van der Waals surface area (Å²) < 4.78 is 104. The molecular weight excluding hydrogens is 466 g/mol. The first-order valence-electron chi connectivity index (χ1n) is 8.71. The summed E-state index contributed by atoms with van der Waals surface area (Å²) in [6.07, 6.45) is -12.1. The molecule has 2 aromatic carbocycles. The molecule has 2 rings (SSSR count). The molecule has 176 valence electrons. The molecule has 0 atom stereocenters. The highest BCUT2D eigenvalue weighted by Crippen LogP contribution is 2.50. The maximum atomic E-state index is 13.0. The van der Waals surface area contributed by atoms with Crippen molar-refractivity contribution < 1.29 is 44.7 Å². The van der Waals surface area contributed by atoms with Gasteiger partial charge in [-0.1, -0.05) is 18.2 Å². The molecule has 0 bridgehead atoms. The third-order valence-electron chi connectivity index (χ3n) is 4.61. The molecule has 0 aromatic heterocycles. The van der Waals surface area contributed by atoms with Gasteiger partial charge < -0.3 is 10.0 Å². The Labute approximate surface area is 179 Å². The van der Waals surface area contributed by atoms with Crippen LogP contribution in [0.2, 0.25) is 0 Å². The third-order valence-corrected chi connectivity index (χ3v) is 6.40. The minimum atomic E-state index is -6.07. The zero-order valence-electron chi connectivity index (χ0n) is 16.9. The highest BCUT2D eigenvalue weighted by molar-refractivity contribution is 7.92. The van der Waals surface area contributed by atoms with Crippen molar-refractivity contribution in [3.63, 3.8) is 0 Å². The molecule has 0 radical (unpaired) electrons. The predicted octanol–water partition coefficient (Wildman–Crippen LogP) is 3.53. The summed E-state index contributed by atoms with van der Waals surface area (Å²) in [5.41, 5.74) is -6.87. The van der Waals surface area contributed by atoms with E-state index in [0.717, 1.165) is 13.1 Å². The Morgan fingerprint density at radius 1 is 0.875 bits per heavy atom. The van der Waals surface area contributed by atoms with E-state index in [9.17, 15) is 44.7 Å². The number of halogens is 6. The molecule has 1 N–H and O–H groups in total. The second-order valence-corrected chi connectivity index (χ2v) is 8.92. The van der Waals surface area contributed by atoms with Crippen molar-refractivity contribution in [1.29, 1.82) is 0 Å². The van der Waals surface area contributed by atoms with Crippen LogP contribution in [-0.4, -0.2) is 57.8 Å². The Hall–Kier alpha value is -2.80. The topological polar surface area (TPSA) is 77.9 Å². The highest BCUT2D eigenvalue weighted by Gasteiger charge is 2.71. The van der Waals surface area contributed by atoms with Crippen molar-refractivity contribution in [1.82, 2.24) is 4.90 Å². The molecule has 0 spiro atoms. The molecule has 13 heteroatoms. The van der Waals surface area contributed by atoms with Crippen molar-refractivity contribution in [3.05, 3.63) is 59.7 Å². The first-order chi connectivity index (χ1) is 14.4. The van der Waals surface area contributed by atoms with Crippen LogP contribution in [0.25, 0.3) is 0 Å². The van der Waals surface area contributed by atoms with Gasteiger partial charge >= 0.3 is 12.4 Å². The number of nitrogens with zero attached hydrogens (tertiary/aromatic N) is 2. The summed E-state index contributed by atoms with van der Waals surface area (Å²) in [6, 6.07) is 7.04. The van der Waals surface area contributed by atoms with Crippen LogP contribution in [0.4, 0.5) is 32.0 Å². The molecule has 6 nitrogen and oxygen atoms in total. The Balaban J connectivity index is 2.46. The Kier molecular flexibility index (Phi) is 6.59. The van der Waals surface area contributed by atoms with Gasteiger partial charge in [-0.15, -0.1) is 0 Å². The quantitative estimate of drug-likeness (QED) is 0.659. The maximum absolute atomic E-state index is 13.0. The fourth-order valence-electron chi connectivity index (χ4n) is 2.75. The predicted molar refractivity (Wildman–Crippen MR) is 102 cm³/mol. The molecule has 32 heavy (non-hydrogen) atoms. The average Bonchev–Trinajstić information content (AvgIpc) is 2.70. The van der Waals surface area contributed by atoms with Gasteiger partial charge in [0.2, 0.25) is 0 Å². The van der Waals surface area contributed by atoms with E-state index in [1.54, 1.807) is 0 Å². The average molecular weight is 484 g/mol. The number of sulfonamides is 1. The molecule has 0 unspecified atom stereocenters. The van der Waals surface area contributed by atoms with Gasteiger partial charge in [0.25, 0.3) is 21.5 Å². The molecular formula is C19H18F6N2O4S. The van der Waals surface area contributed by atoms with Crippen LogP contribution < -0.4 is 4.31 Å². The molecule has 0 heterocycles. The van der Waals surface area contributed by atoms with E-state index in [4.69, 9.17) is 0 Å². The molecule has 1 amide bonds. The summed E-state index contributed by atoms with van der Waals surface area (Å²) in [5, 5.41) is 9.43. The van der Waals surface area contributed by atoms with Crippen molar-refractivity contribution in [2.24, 2.45) is 0 Å². The lowest BCUT2D eigenvalue weighted by Crippen LogP contribution is -2.53. The number of rotatable bonds is 5. The van der Waals surface area contributed by atoms with Gasteiger partial charge in [0.15, 0.2) is 0 Å². The van der Waals surface area contributed by atoms with Crippen molar-refractivity contribution in [2.45, 2.75) is 22.8 Å². The first kappa shape index (κ1) is 25.5. The minimum absolute atomic E-state index is 0.0558. The van der Waals surface area contributed by atoms with Gasteiger partial charge in [-0.25, -0.2) is 8.42 Å². The van der Waals surface area contributed by atoms with Crippen LogP contribution in [-0.2, 0) is 15.6 Å². The lowest BCUT2D eigenvalue weighted by Gasteiger charge is -2.33. The van der Waals surface area contributed by atoms with E-state index in [1.807, 2.05) is 0 Å². The largest absolute Gasteiger partial charge is 0.430 e. The second-order valence-electron chi connectivity index (χ2n) is 6.95. The number of hydrogen-bond acceptors (Lipinski definition) is 4. The zero-order chi connectivity index (χ0) is 24.7. The Bertz CT molecular complexity index is 1080. The van der Waals surface area contributed by atoms with Gasteiger partial charge in [0, 0.05) is 32.3 Å². The van der Waals surface area contributed by atoms with Crippen LogP contribution in [0, 0.1) is 0 Å². The number of carbonyl (C=O) groups excluding carboxylic acids is 1. The number of anilines is 1. The molecule has 2 aromatic rings. The summed E-state index contributed by atoms with van der Waals surface area (Å²) >= 11 is 0. The van der Waals surface area contributed by atoms with Crippen LogP contribution in [0.15, 0.2) is 53.4 Å². The van der Waals surface area contributed by atoms with Crippen LogP contribution >= 0.6 is 0 Å². The second kappa shape index (κ2) is 8.28. The maximum Gasteiger partial charge on any atom is 0.430 e. The number of aliphatic hydroxyl groups is 1. The molecule has 0 aliphatic carbocycles. The van der Waals surface area contributed by atoms with E-state index in [1.165, 1.54) is 37.2 Å². The van der Waals surface area contributed by atoms with Crippen molar-refractivity contribution >= 4 is 21.6 Å². The van der Waals surface area contributed by atoms with Gasteiger partial charge in [0.05, 0.1) is 10.6 Å². The van der Waals surface area contributed by atoms with Gasteiger partial charge in [-0.2, -0.15) is 26.3 Å². The van der Waals surface area contributed by atoms with Gasteiger partial charge in [-0.05, 0) is 30.3 Å².